The second-order valence-corrected chi connectivity index (χ2v) is 8.13. The third kappa shape index (κ3) is 3.25. The minimum Gasteiger partial charge on any atom is -0.392 e. The summed E-state index contributed by atoms with van der Waals surface area (Å²) in [5, 5.41) is 9.10. The topological polar surface area (TPSA) is 20.2 Å². The first-order valence-electron chi connectivity index (χ1n) is 8.69. The molecule has 0 radical (unpaired) electrons. The van der Waals surface area contributed by atoms with Crippen molar-refractivity contribution in [2.24, 2.45) is 0 Å². The molecule has 3 rings (SSSR count). The Morgan fingerprint density at radius 3 is 1.96 bits per heavy atom. The van der Waals surface area contributed by atoms with Gasteiger partial charge < -0.3 is 5.11 Å². The molecule has 0 bridgehead atoms. The van der Waals surface area contributed by atoms with Crippen LogP contribution in [0.2, 0.25) is 0 Å². The van der Waals surface area contributed by atoms with Gasteiger partial charge in [-0.2, -0.15) is 0 Å². The summed E-state index contributed by atoms with van der Waals surface area (Å²) in [4.78, 5) is 0. The van der Waals surface area contributed by atoms with Crippen LogP contribution in [0, 0.1) is 11.8 Å². The van der Waals surface area contributed by atoms with Gasteiger partial charge in [0.15, 0.2) is 0 Å². The van der Waals surface area contributed by atoms with E-state index in [1.54, 1.807) is 0 Å². The molecular weight excluding hydrogens is 292 g/mol. The molecule has 0 saturated carbocycles. The fraction of sp³-hybridized carbons (Fsp3) is 0.391. The van der Waals surface area contributed by atoms with Gasteiger partial charge in [0, 0.05) is 11.1 Å². The highest BCUT2D eigenvalue weighted by Gasteiger charge is 2.36. The van der Waals surface area contributed by atoms with Gasteiger partial charge in [-0.25, -0.2) is 0 Å². The SMILES string of the molecule is CC1(C)CCC(C)(C)c2cc(C#Cc3ccc(CO)cc3)ccc21. The van der Waals surface area contributed by atoms with Gasteiger partial charge >= 0.3 is 0 Å². The van der Waals surface area contributed by atoms with Crippen molar-refractivity contribution < 1.29 is 5.11 Å². The Bertz CT molecular complexity index is 798. The average Bonchev–Trinajstić information content (AvgIpc) is 2.58. The van der Waals surface area contributed by atoms with Crippen molar-refractivity contribution in [2.45, 2.75) is 58.0 Å². The Balaban J connectivity index is 1.95. The summed E-state index contributed by atoms with van der Waals surface area (Å²) in [6.07, 6.45) is 2.45. The van der Waals surface area contributed by atoms with E-state index in [1.165, 1.54) is 24.0 Å². The molecule has 124 valence electrons. The van der Waals surface area contributed by atoms with Crippen molar-refractivity contribution in [3.8, 4) is 11.8 Å². The van der Waals surface area contributed by atoms with Gasteiger partial charge in [0.2, 0.25) is 0 Å². The van der Waals surface area contributed by atoms with Crippen LogP contribution >= 0.6 is 0 Å². The van der Waals surface area contributed by atoms with Gasteiger partial charge in [-0.15, -0.1) is 0 Å². The first kappa shape index (κ1) is 16.8. The highest BCUT2D eigenvalue weighted by Crippen LogP contribution is 2.45. The van der Waals surface area contributed by atoms with Crippen molar-refractivity contribution in [1.82, 2.24) is 0 Å². The fourth-order valence-corrected chi connectivity index (χ4v) is 3.50. The smallest absolute Gasteiger partial charge is 0.0681 e. The molecule has 1 heteroatoms. The normalized spacial score (nSPS) is 17.5. The zero-order valence-corrected chi connectivity index (χ0v) is 15.1. The van der Waals surface area contributed by atoms with Gasteiger partial charge in [0.1, 0.15) is 0 Å². The molecule has 0 amide bonds. The average molecular weight is 318 g/mol. The first-order chi connectivity index (χ1) is 11.3. The summed E-state index contributed by atoms with van der Waals surface area (Å²) in [6.45, 7) is 9.44. The number of fused-ring (bicyclic) bond motifs is 1. The van der Waals surface area contributed by atoms with Crippen LogP contribution in [0.25, 0.3) is 0 Å². The molecule has 0 aliphatic heterocycles. The Morgan fingerprint density at radius 1 is 0.792 bits per heavy atom. The number of aliphatic hydroxyl groups is 1. The molecule has 0 heterocycles. The van der Waals surface area contributed by atoms with Crippen molar-refractivity contribution in [3.05, 3.63) is 70.3 Å². The van der Waals surface area contributed by atoms with E-state index in [1.807, 2.05) is 24.3 Å². The second kappa shape index (κ2) is 6.11. The molecule has 1 nitrogen and oxygen atoms in total. The number of benzene rings is 2. The molecule has 0 saturated heterocycles. The van der Waals surface area contributed by atoms with E-state index in [0.717, 1.165) is 16.7 Å². The summed E-state index contributed by atoms with van der Waals surface area (Å²) >= 11 is 0. The van der Waals surface area contributed by atoms with Crippen molar-refractivity contribution in [3.63, 3.8) is 0 Å². The van der Waals surface area contributed by atoms with Crippen LogP contribution in [0.4, 0.5) is 0 Å². The molecule has 24 heavy (non-hydrogen) atoms. The Kier molecular flexibility index (Phi) is 4.28. The highest BCUT2D eigenvalue weighted by molar-refractivity contribution is 5.50. The fourth-order valence-electron chi connectivity index (χ4n) is 3.50. The Hall–Kier alpha value is -2.04. The van der Waals surface area contributed by atoms with Gasteiger partial charge in [-0.3, -0.25) is 0 Å². The van der Waals surface area contributed by atoms with Crippen molar-refractivity contribution >= 4 is 0 Å². The lowest BCUT2D eigenvalue weighted by atomic mass is 9.63. The van der Waals surface area contributed by atoms with E-state index < -0.39 is 0 Å². The molecule has 1 aliphatic carbocycles. The van der Waals surface area contributed by atoms with E-state index in [-0.39, 0.29) is 17.4 Å². The van der Waals surface area contributed by atoms with Gasteiger partial charge in [0.25, 0.3) is 0 Å². The van der Waals surface area contributed by atoms with Crippen molar-refractivity contribution in [2.75, 3.05) is 0 Å². The molecule has 1 N–H and O–H groups in total. The summed E-state index contributed by atoms with van der Waals surface area (Å²) in [7, 11) is 0. The second-order valence-electron chi connectivity index (χ2n) is 8.13. The molecule has 0 fully saturated rings. The van der Waals surface area contributed by atoms with Crippen LogP contribution in [0.3, 0.4) is 0 Å². The summed E-state index contributed by atoms with van der Waals surface area (Å²) in [5.74, 6) is 6.54. The van der Waals surface area contributed by atoms with Gasteiger partial charge in [-0.05, 0) is 64.6 Å². The molecular formula is C23H26O. The Labute approximate surface area is 145 Å². The van der Waals surface area contributed by atoms with Crippen LogP contribution in [0.5, 0.6) is 0 Å². The summed E-state index contributed by atoms with van der Waals surface area (Å²) in [6, 6.07) is 14.5. The van der Waals surface area contributed by atoms with Gasteiger partial charge in [0.05, 0.1) is 6.61 Å². The minimum atomic E-state index is 0.0728. The third-order valence-corrected chi connectivity index (χ3v) is 5.34. The summed E-state index contributed by atoms with van der Waals surface area (Å²) in [5.41, 5.74) is 6.34. The van der Waals surface area contributed by atoms with Crippen molar-refractivity contribution in [1.29, 1.82) is 0 Å². The van der Waals surface area contributed by atoms with Crippen LogP contribution < -0.4 is 0 Å². The Morgan fingerprint density at radius 2 is 1.33 bits per heavy atom. The van der Waals surface area contributed by atoms with Crippen LogP contribution in [-0.2, 0) is 17.4 Å². The van der Waals surface area contributed by atoms with Crippen LogP contribution in [-0.4, -0.2) is 5.11 Å². The maximum atomic E-state index is 9.10. The van der Waals surface area contributed by atoms with Crippen LogP contribution in [0.1, 0.15) is 68.4 Å². The first-order valence-corrected chi connectivity index (χ1v) is 8.69. The zero-order valence-electron chi connectivity index (χ0n) is 15.1. The molecule has 0 atom stereocenters. The lowest BCUT2D eigenvalue weighted by Crippen LogP contribution is -2.33. The lowest BCUT2D eigenvalue weighted by Gasteiger charge is -2.41. The highest BCUT2D eigenvalue weighted by atomic mass is 16.3. The maximum absolute atomic E-state index is 9.10. The third-order valence-electron chi connectivity index (χ3n) is 5.34. The lowest BCUT2D eigenvalue weighted by molar-refractivity contribution is 0.282. The monoisotopic (exact) mass is 318 g/mol. The number of hydrogen-bond donors (Lipinski definition) is 1. The van der Waals surface area contributed by atoms with E-state index in [0.29, 0.717) is 0 Å². The van der Waals surface area contributed by atoms with E-state index >= 15 is 0 Å². The molecule has 0 unspecified atom stereocenters. The number of rotatable bonds is 1. The minimum absolute atomic E-state index is 0.0728. The van der Waals surface area contributed by atoms with E-state index in [9.17, 15) is 0 Å². The largest absolute Gasteiger partial charge is 0.392 e. The van der Waals surface area contributed by atoms with Gasteiger partial charge in [-0.1, -0.05) is 57.7 Å². The van der Waals surface area contributed by atoms with Crippen LogP contribution in [0.15, 0.2) is 42.5 Å². The molecule has 1 aliphatic rings. The molecule has 2 aromatic rings. The van der Waals surface area contributed by atoms with E-state index in [4.69, 9.17) is 5.11 Å². The predicted molar refractivity (Wildman–Crippen MR) is 100 cm³/mol. The summed E-state index contributed by atoms with van der Waals surface area (Å²) < 4.78 is 0. The standard InChI is InChI=1S/C23H26O/c1-22(2)13-14-23(3,4)21-15-18(11-12-20(21)22)8-5-17-6-9-19(16-24)10-7-17/h6-7,9-12,15,24H,13-14,16H2,1-4H3. The molecule has 2 aromatic carbocycles. The quantitative estimate of drug-likeness (QED) is 0.739. The number of hydrogen-bond acceptors (Lipinski definition) is 1. The zero-order chi connectivity index (χ0) is 17.4. The number of aliphatic hydroxyl groups excluding tert-OH is 1. The molecule has 0 aromatic heterocycles. The maximum Gasteiger partial charge on any atom is 0.0681 e. The predicted octanol–water partition coefficient (Wildman–Crippen LogP) is 4.93. The van der Waals surface area contributed by atoms with E-state index in [2.05, 4.69) is 57.7 Å². The molecule has 0 spiro atoms.